The first-order valence-electron chi connectivity index (χ1n) is 5.30. The van der Waals surface area contributed by atoms with Gasteiger partial charge in [-0.15, -0.1) is 0 Å². The average molecular weight is 293 g/mol. The molecule has 2 aromatic rings. The van der Waals surface area contributed by atoms with Crippen LogP contribution >= 0.6 is 15.9 Å². The van der Waals surface area contributed by atoms with E-state index in [-0.39, 0.29) is 0 Å². The second-order valence-corrected chi connectivity index (χ2v) is 4.52. The maximum Gasteiger partial charge on any atom is 0.130 e. The van der Waals surface area contributed by atoms with Gasteiger partial charge < -0.3 is 10.5 Å². The molecule has 0 amide bonds. The standard InChI is InChI=1S/C13H13BrN2O/c14-11-2-1-3-13(6-11)17-9-12-5-4-10(7-15)8-16-12/h1-6,8H,7,9,15H2. The molecular weight excluding hydrogens is 280 g/mol. The molecule has 0 aliphatic rings. The third-order valence-corrected chi connectivity index (χ3v) is 2.80. The highest BCUT2D eigenvalue weighted by Gasteiger charge is 1.98. The van der Waals surface area contributed by atoms with E-state index in [9.17, 15) is 0 Å². The molecule has 1 heterocycles. The summed E-state index contributed by atoms with van der Waals surface area (Å²) in [6.45, 7) is 0.973. The van der Waals surface area contributed by atoms with Crippen molar-refractivity contribution in [2.45, 2.75) is 13.2 Å². The van der Waals surface area contributed by atoms with Crippen LogP contribution in [0.1, 0.15) is 11.3 Å². The number of pyridine rings is 1. The molecule has 0 atom stereocenters. The Labute approximate surface area is 109 Å². The Balaban J connectivity index is 1.97. The zero-order valence-electron chi connectivity index (χ0n) is 9.27. The van der Waals surface area contributed by atoms with Gasteiger partial charge in [-0.25, -0.2) is 0 Å². The number of benzene rings is 1. The van der Waals surface area contributed by atoms with E-state index in [1.54, 1.807) is 6.20 Å². The summed E-state index contributed by atoms with van der Waals surface area (Å²) in [5.41, 5.74) is 7.42. The predicted molar refractivity (Wildman–Crippen MR) is 70.6 cm³/mol. The topological polar surface area (TPSA) is 48.1 Å². The first kappa shape index (κ1) is 12.1. The molecule has 0 saturated heterocycles. The molecule has 0 aliphatic carbocycles. The Hall–Kier alpha value is -1.39. The Kier molecular flexibility index (Phi) is 4.12. The van der Waals surface area contributed by atoms with Crippen LogP contribution in [0.4, 0.5) is 0 Å². The van der Waals surface area contributed by atoms with E-state index in [0.29, 0.717) is 13.2 Å². The number of nitrogens with two attached hydrogens (primary N) is 1. The first-order valence-corrected chi connectivity index (χ1v) is 6.09. The van der Waals surface area contributed by atoms with Gasteiger partial charge in [-0.2, -0.15) is 0 Å². The van der Waals surface area contributed by atoms with Gasteiger partial charge in [0.2, 0.25) is 0 Å². The maximum absolute atomic E-state index is 5.62. The van der Waals surface area contributed by atoms with Crippen LogP contribution < -0.4 is 10.5 Å². The predicted octanol–water partition coefficient (Wildman–Crippen LogP) is 2.88. The summed E-state index contributed by atoms with van der Waals surface area (Å²) in [6, 6.07) is 11.6. The Morgan fingerprint density at radius 3 is 2.76 bits per heavy atom. The molecule has 1 aromatic heterocycles. The van der Waals surface area contributed by atoms with Gasteiger partial charge in [0.25, 0.3) is 0 Å². The van der Waals surface area contributed by atoms with Crippen LogP contribution in [0.5, 0.6) is 5.75 Å². The lowest BCUT2D eigenvalue weighted by molar-refractivity contribution is 0.301. The summed E-state index contributed by atoms with van der Waals surface area (Å²) in [6.07, 6.45) is 1.78. The number of halogens is 1. The van der Waals surface area contributed by atoms with Crippen molar-refractivity contribution in [2.75, 3.05) is 0 Å². The van der Waals surface area contributed by atoms with E-state index in [1.807, 2.05) is 36.4 Å². The lowest BCUT2D eigenvalue weighted by Gasteiger charge is -2.06. The average Bonchev–Trinajstić information content (AvgIpc) is 2.37. The van der Waals surface area contributed by atoms with Crippen LogP contribution in [0.15, 0.2) is 47.1 Å². The van der Waals surface area contributed by atoms with Crippen molar-refractivity contribution in [1.82, 2.24) is 4.98 Å². The van der Waals surface area contributed by atoms with Crippen molar-refractivity contribution in [1.29, 1.82) is 0 Å². The molecule has 2 rings (SSSR count). The first-order chi connectivity index (χ1) is 8.28. The summed E-state index contributed by atoms with van der Waals surface area (Å²) in [5.74, 6) is 0.823. The number of aromatic nitrogens is 1. The van der Waals surface area contributed by atoms with E-state index in [4.69, 9.17) is 10.5 Å². The minimum Gasteiger partial charge on any atom is -0.487 e. The molecule has 0 radical (unpaired) electrons. The molecule has 17 heavy (non-hydrogen) atoms. The van der Waals surface area contributed by atoms with Gasteiger partial charge in [-0.05, 0) is 29.8 Å². The molecule has 4 heteroatoms. The second-order valence-electron chi connectivity index (χ2n) is 3.61. The summed E-state index contributed by atoms with van der Waals surface area (Å²) in [4.78, 5) is 4.27. The Bertz CT molecular complexity index is 485. The third-order valence-electron chi connectivity index (χ3n) is 2.30. The van der Waals surface area contributed by atoms with Crippen molar-refractivity contribution in [3.8, 4) is 5.75 Å². The molecule has 0 unspecified atom stereocenters. The van der Waals surface area contributed by atoms with E-state index >= 15 is 0 Å². The molecule has 0 aliphatic heterocycles. The molecule has 0 saturated carbocycles. The van der Waals surface area contributed by atoms with Crippen LogP contribution in [-0.4, -0.2) is 4.98 Å². The van der Waals surface area contributed by atoms with Gasteiger partial charge in [-0.1, -0.05) is 28.1 Å². The fourth-order valence-corrected chi connectivity index (χ4v) is 1.75. The molecular formula is C13H13BrN2O. The zero-order chi connectivity index (χ0) is 12.1. The van der Waals surface area contributed by atoms with Gasteiger partial charge in [0.1, 0.15) is 12.4 Å². The molecule has 3 nitrogen and oxygen atoms in total. The zero-order valence-corrected chi connectivity index (χ0v) is 10.9. The van der Waals surface area contributed by atoms with Gasteiger partial charge in [0.05, 0.1) is 5.69 Å². The van der Waals surface area contributed by atoms with Gasteiger partial charge in [0, 0.05) is 17.2 Å². The van der Waals surface area contributed by atoms with E-state index in [2.05, 4.69) is 20.9 Å². The van der Waals surface area contributed by atoms with Gasteiger partial charge in [-0.3, -0.25) is 4.98 Å². The largest absolute Gasteiger partial charge is 0.487 e. The fraction of sp³-hybridized carbons (Fsp3) is 0.154. The molecule has 0 bridgehead atoms. The second kappa shape index (κ2) is 5.80. The van der Waals surface area contributed by atoms with E-state index < -0.39 is 0 Å². The normalized spacial score (nSPS) is 10.2. The minimum atomic E-state index is 0.460. The van der Waals surface area contributed by atoms with Crippen LogP contribution in [0.3, 0.4) is 0 Å². The Morgan fingerprint density at radius 1 is 1.24 bits per heavy atom. The van der Waals surface area contributed by atoms with Gasteiger partial charge in [0.15, 0.2) is 0 Å². The van der Waals surface area contributed by atoms with E-state index in [0.717, 1.165) is 21.5 Å². The quantitative estimate of drug-likeness (QED) is 0.943. The maximum atomic E-state index is 5.62. The molecule has 88 valence electrons. The summed E-state index contributed by atoms with van der Waals surface area (Å²) in [5, 5.41) is 0. The summed E-state index contributed by atoms with van der Waals surface area (Å²) in [7, 11) is 0. The van der Waals surface area contributed by atoms with Crippen LogP contribution in [0.2, 0.25) is 0 Å². The van der Waals surface area contributed by atoms with Gasteiger partial charge >= 0.3 is 0 Å². The van der Waals surface area contributed by atoms with Crippen molar-refractivity contribution in [3.05, 3.63) is 58.3 Å². The third kappa shape index (κ3) is 3.54. The van der Waals surface area contributed by atoms with Crippen molar-refractivity contribution < 1.29 is 4.74 Å². The smallest absolute Gasteiger partial charge is 0.130 e. The number of rotatable bonds is 4. The number of hydrogen-bond donors (Lipinski definition) is 1. The SMILES string of the molecule is NCc1ccc(COc2cccc(Br)c2)nc1. The number of nitrogens with zero attached hydrogens (tertiary/aromatic N) is 1. The molecule has 0 spiro atoms. The van der Waals surface area contributed by atoms with E-state index in [1.165, 1.54) is 0 Å². The van der Waals surface area contributed by atoms with Crippen molar-refractivity contribution >= 4 is 15.9 Å². The number of ether oxygens (including phenoxy) is 1. The van der Waals surface area contributed by atoms with Crippen molar-refractivity contribution in [2.24, 2.45) is 5.73 Å². The summed E-state index contributed by atoms with van der Waals surface area (Å²) >= 11 is 3.40. The highest BCUT2D eigenvalue weighted by molar-refractivity contribution is 9.10. The fourth-order valence-electron chi connectivity index (χ4n) is 1.38. The Morgan fingerprint density at radius 2 is 2.12 bits per heavy atom. The highest BCUT2D eigenvalue weighted by atomic mass is 79.9. The van der Waals surface area contributed by atoms with Crippen LogP contribution in [0, 0.1) is 0 Å². The highest BCUT2D eigenvalue weighted by Crippen LogP contribution is 2.18. The lowest BCUT2D eigenvalue weighted by atomic mass is 10.2. The van der Waals surface area contributed by atoms with Crippen LogP contribution in [-0.2, 0) is 13.2 Å². The molecule has 0 fully saturated rings. The number of hydrogen-bond acceptors (Lipinski definition) is 3. The molecule has 2 N–H and O–H groups in total. The minimum absolute atomic E-state index is 0.460. The van der Waals surface area contributed by atoms with Crippen molar-refractivity contribution in [3.63, 3.8) is 0 Å². The van der Waals surface area contributed by atoms with Crippen LogP contribution in [0.25, 0.3) is 0 Å². The summed E-state index contributed by atoms with van der Waals surface area (Å²) < 4.78 is 6.62. The monoisotopic (exact) mass is 292 g/mol. The lowest BCUT2D eigenvalue weighted by Crippen LogP contribution is -2.01. The molecule has 1 aromatic carbocycles.